The lowest BCUT2D eigenvalue weighted by Crippen LogP contribution is -2.33. The second kappa shape index (κ2) is 5.61. The Hall–Kier alpha value is -1.55. The molecule has 1 unspecified atom stereocenters. The number of aliphatic hydroxyl groups is 1. The molecule has 1 aromatic rings. The van der Waals surface area contributed by atoms with E-state index < -0.39 is 0 Å². The van der Waals surface area contributed by atoms with Crippen LogP contribution in [0, 0.1) is 5.41 Å². The molecule has 1 aromatic carbocycles. The molecule has 1 atom stereocenters. The molecule has 4 N–H and O–H groups in total. The normalized spacial score (nSPS) is 17.8. The van der Waals surface area contributed by atoms with Crippen LogP contribution >= 0.6 is 0 Å². The number of hydrogen-bond donors (Lipinski definition) is 3. The lowest BCUT2D eigenvalue weighted by Gasteiger charge is -2.17. The lowest BCUT2D eigenvalue weighted by atomic mass is 9.98. The molecule has 0 spiro atoms. The van der Waals surface area contributed by atoms with E-state index in [1.54, 1.807) is 0 Å². The molecule has 1 aliphatic rings. The summed E-state index contributed by atoms with van der Waals surface area (Å²) in [5.41, 5.74) is 7.49. The van der Waals surface area contributed by atoms with Crippen LogP contribution in [-0.4, -0.2) is 24.2 Å². The van der Waals surface area contributed by atoms with E-state index in [0.29, 0.717) is 12.2 Å². The third kappa shape index (κ3) is 3.47. The van der Waals surface area contributed by atoms with Crippen LogP contribution in [0.15, 0.2) is 24.3 Å². The van der Waals surface area contributed by atoms with Crippen molar-refractivity contribution in [1.82, 2.24) is 5.32 Å². The summed E-state index contributed by atoms with van der Waals surface area (Å²) in [5, 5.41) is 12.0. The summed E-state index contributed by atoms with van der Waals surface area (Å²) in [7, 11) is 0. The van der Waals surface area contributed by atoms with Gasteiger partial charge >= 0.3 is 0 Å². The van der Waals surface area contributed by atoms with Crippen LogP contribution < -0.4 is 11.1 Å². The summed E-state index contributed by atoms with van der Waals surface area (Å²) in [6.07, 6.45) is 2.97. The zero-order valence-electron chi connectivity index (χ0n) is 11.4. The summed E-state index contributed by atoms with van der Waals surface area (Å²) >= 11 is 0. The fourth-order valence-corrected chi connectivity index (χ4v) is 2.34. The largest absolute Gasteiger partial charge is 0.399 e. The minimum atomic E-state index is -0.201. The Kier molecular flexibility index (Phi) is 4.10. The van der Waals surface area contributed by atoms with Gasteiger partial charge in [0.15, 0.2) is 0 Å². The van der Waals surface area contributed by atoms with Crippen molar-refractivity contribution < 1.29 is 9.90 Å². The molecule has 2 rings (SSSR count). The Morgan fingerprint density at radius 1 is 1.53 bits per heavy atom. The summed E-state index contributed by atoms with van der Waals surface area (Å²) in [4.78, 5) is 12.1. The Balaban J connectivity index is 1.89. The van der Waals surface area contributed by atoms with Gasteiger partial charge in [-0.05, 0) is 49.3 Å². The first-order valence-corrected chi connectivity index (χ1v) is 6.80. The fourth-order valence-electron chi connectivity index (χ4n) is 2.34. The molecule has 0 aliphatic heterocycles. The number of nitrogens with one attached hydrogen (secondary N) is 1. The van der Waals surface area contributed by atoms with Gasteiger partial charge in [0.2, 0.25) is 5.91 Å². The van der Waals surface area contributed by atoms with Crippen LogP contribution in [0.1, 0.15) is 37.7 Å². The lowest BCUT2D eigenvalue weighted by molar-refractivity contribution is -0.122. The number of benzene rings is 1. The third-order valence-electron chi connectivity index (χ3n) is 4.04. The number of carbonyl (C=O) groups is 1. The van der Waals surface area contributed by atoms with Gasteiger partial charge in [-0.1, -0.05) is 12.1 Å². The maximum absolute atomic E-state index is 12.1. The molecule has 0 saturated heterocycles. The number of nitrogen functional groups attached to an aromatic ring is 1. The summed E-state index contributed by atoms with van der Waals surface area (Å²) in [6, 6.07) is 7.43. The first-order valence-electron chi connectivity index (χ1n) is 6.80. The van der Waals surface area contributed by atoms with Crippen molar-refractivity contribution in [2.75, 3.05) is 18.9 Å². The SMILES string of the molecule is CC(C(=O)NCC1(CCO)CC1)c1cccc(N)c1. The molecule has 1 fully saturated rings. The van der Waals surface area contributed by atoms with Gasteiger partial charge in [-0.15, -0.1) is 0 Å². The van der Waals surface area contributed by atoms with Gasteiger partial charge in [-0.25, -0.2) is 0 Å². The Labute approximate surface area is 114 Å². The molecule has 1 aliphatic carbocycles. The average Bonchev–Trinajstić information content (AvgIpc) is 3.16. The molecule has 19 heavy (non-hydrogen) atoms. The quantitative estimate of drug-likeness (QED) is 0.682. The van der Waals surface area contributed by atoms with E-state index in [0.717, 1.165) is 24.8 Å². The Morgan fingerprint density at radius 3 is 2.84 bits per heavy atom. The van der Waals surface area contributed by atoms with Crippen LogP contribution in [-0.2, 0) is 4.79 Å². The van der Waals surface area contributed by atoms with E-state index in [4.69, 9.17) is 10.8 Å². The average molecular weight is 262 g/mol. The molecule has 4 heteroatoms. The molecule has 0 aromatic heterocycles. The number of carbonyl (C=O) groups excluding carboxylic acids is 1. The number of rotatable bonds is 6. The maximum atomic E-state index is 12.1. The number of hydrogen-bond acceptors (Lipinski definition) is 3. The van der Waals surface area contributed by atoms with Crippen molar-refractivity contribution in [2.45, 2.75) is 32.1 Å². The van der Waals surface area contributed by atoms with Crippen molar-refractivity contribution in [1.29, 1.82) is 0 Å². The van der Waals surface area contributed by atoms with Gasteiger partial charge in [-0.2, -0.15) is 0 Å². The van der Waals surface area contributed by atoms with Crippen molar-refractivity contribution >= 4 is 11.6 Å². The molecule has 4 nitrogen and oxygen atoms in total. The molecular formula is C15H22N2O2. The standard InChI is InChI=1S/C15H22N2O2/c1-11(12-3-2-4-13(16)9-12)14(19)17-10-15(5-6-15)7-8-18/h2-4,9,11,18H,5-8,10,16H2,1H3,(H,17,19). The Morgan fingerprint density at radius 2 is 2.26 bits per heavy atom. The van der Waals surface area contributed by atoms with E-state index in [-0.39, 0.29) is 23.8 Å². The van der Waals surface area contributed by atoms with E-state index >= 15 is 0 Å². The molecule has 0 heterocycles. The highest BCUT2D eigenvalue weighted by molar-refractivity contribution is 5.83. The van der Waals surface area contributed by atoms with Crippen LogP contribution in [0.4, 0.5) is 5.69 Å². The predicted molar refractivity (Wildman–Crippen MR) is 75.6 cm³/mol. The summed E-state index contributed by atoms with van der Waals surface area (Å²) in [5.74, 6) is -0.178. The molecule has 0 radical (unpaired) electrons. The highest BCUT2D eigenvalue weighted by Crippen LogP contribution is 2.47. The molecule has 1 saturated carbocycles. The van der Waals surface area contributed by atoms with Gasteiger partial charge in [0.05, 0.1) is 5.92 Å². The van der Waals surface area contributed by atoms with Crippen LogP contribution in [0.25, 0.3) is 0 Å². The smallest absolute Gasteiger partial charge is 0.227 e. The van der Waals surface area contributed by atoms with Crippen LogP contribution in [0.3, 0.4) is 0 Å². The summed E-state index contributed by atoms with van der Waals surface area (Å²) < 4.78 is 0. The van der Waals surface area contributed by atoms with Crippen molar-refractivity contribution in [3.63, 3.8) is 0 Å². The minimum absolute atomic E-state index is 0.0230. The minimum Gasteiger partial charge on any atom is -0.399 e. The number of amides is 1. The van der Waals surface area contributed by atoms with Gasteiger partial charge in [0, 0.05) is 18.8 Å². The monoisotopic (exact) mass is 262 g/mol. The van der Waals surface area contributed by atoms with Crippen molar-refractivity contribution in [3.8, 4) is 0 Å². The topological polar surface area (TPSA) is 75.3 Å². The molecule has 104 valence electrons. The zero-order chi connectivity index (χ0) is 13.9. The van der Waals surface area contributed by atoms with Gasteiger partial charge < -0.3 is 16.2 Å². The first-order chi connectivity index (χ1) is 9.06. The molecule has 0 bridgehead atoms. The second-order valence-electron chi connectivity index (χ2n) is 5.58. The van der Waals surface area contributed by atoms with E-state index in [1.165, 1.54) is 0 Å². The van der Waals surface area contributed by atoms with E-state index in [2.05, 4.69) is 5.32 Å². The highest BCUT2D eigenvalue weighted by atomic mass is 16.3. The number of anilines is 1. The summed E-state index contributed by atoms with van der Waals surface area (Å²) in [6.45, 7) is 2.75. The van der Waals surface area contributed by atoms with E-state index in [9.17, 15) is 4.79 Å². The molecule has 1 amide bonds. The van der Waals surface area contributed by atoms with Crippen LogP contribution in [0.2, 0.25) is 0 Å². The fraction of sp³-hybridized carbons (Fsp3) is 0.533. The van der Waals surface area contributed by atoms with Crippen molar-refractivity contribution in [2.24, 2.45) is 5.41 Å². The zero-order valence-corrected chi connectivity index (χ0v) is 11.4. The highest BCUT2D eigenvalue weighted by Gasteiger charge is 2.42. The third-order valence-corrected chi connectivity index (χ3v) is 4.04. The number of aliphatic hydroxyl groups excluding tert-OH is 1. The van der Waals surface area contributed by atoms with Crippen LogP contribution in [0.5, 0.6) is 0 Å². The second-order valence-corrected chi connectivity index (χ2v) is 5.58. The predicted octanol–water partition coefficient (Wildman–Crippen LogP) is 1.65. The maximum Gasteiger partial charge on any atom is 0.227 e. The Bertz CT molecular complexity index is 455. The van der Waals surface area contributed by atoms with Gasteiger partial charge in [-0.3, -0.25) is 4.79 Å². The first kappa shape index (κ1) is 13.9. The van der Waals surface area contributed by atoms with E-state index in [1.807, 2.05) is 31.2 Å². The number of nitrogens with two attached hydrogens (primary N) is 1. The van der Waals surface area contributed by atoms with Gasteiger partial charge in [0.1, 0.15) is 0 Å². The van der Waals surface area contributed by atoms with Gasteiger partial charge in [0.25, 0.3) is 0 Å². The molecular weight excluding hydrogens is 240 g/mol. The van der Waals surface area contributed by atoms with Crippen molar-refractivity contribution in [3.05, 3.63) is 29.8 Å².